The topological polar surface area (TPSA) is 41.1 Å². The number of halogens is 1. The number of hydrogen-bond donors (Lipinski definition) is 2. The Balaban J connectivity index is 0.000000980. The molecular formula is C10H19ClN2O. The third-order valence-corrected chi connectivity index (χ3v) is 3.13. The molecule has 0 spiro atoms. The van der Waals surface area contributed by atoms with Gasteiger partial charge < -0.3 is 10.6 Å². The molecule has 1 aliphatic heterocycles. The highest BCUT2D eigenvalue weighted by Crippen LogP contribution is 2.34. The molecule has 1 saturated carbocycles. The summed E-state index contributed by atoms with van der Waals surface area (Å²) in [6.45, 7) is 4.12. The van der Waals surface area contributed by atoms with Crippen LogP contribution in [0.3, 0.4) is 0 Å². The molecule has 0 bridgehead atoms. The van der Waals surface area contributed by atoms with Gasteiger partial charge in [0.15, 0.2) is 0 Å². The molecule has 1 saturated heterocycles. The Labute approximate surface area is 91.4 Å². The van der Waals surface area contributed by atoms with Gasteiger partial charge >= 0.3 is 0 Å². The van der Waals surface area contributed by atoms with Crippen LogP contribution < -0.4 is 10.6 Å². The van der Waals surface area contributed by atoms with Crippen LogP contribution in [0.5, 0.6) is 0 Å². The molecular weight excluding hydrogens is 200 g/mol. The molecule has 4 heteroatoms. The van der Waals surface area contributed by atoms with Crippen molar-refractivity contribution in [3.05, 3.63) is 0 Å². The zero-order valence-electron chi connectivity index (χ0n) is 8.64. The van der Waals surface area contributed by atoms with Crippen LogP contribution in [0.25, 0.3) is 0 Å². The van der Waals surface area contributed by atoms with E-state index >= 15 is 0 Å². The average molecular weight is 219 g/mol. The molecule has 0 radical (unpaired) electrons. The second-order valence-electron chi connectivity index (χ2n) is 4.57. The van der Waals surface area contributed by atoms with Crippen LogP contribution >= 0.6 is 12.4 Å². The summed E-state index contributed by atoms with van der Waals surface area (Å²) in [5, 5.41) is 6.40. The van der Waals surface area contributed by atoms with Crippen molar-refractivity contribution in [2.45, 2.75) is 38.1 Å². The third kappa shape index (κ3) is 2.85. The van der Waals surface area contributed by atoms with E-state index in [0.717, 1.165) is 38.8 Å². The third-order valence-electron chi connectivity index (χ3n) is 3.13. The van der Waals surface area contributed by atoms with Gasteiger partial charge in [-0.2, -0.15) is 0 Å². The van der Waals surface area contributed by atoms with Crippen LogP contribution in [-0.2, 0) is 4.79 Å². The summed E-state index contributed by atoms with van der Waals surface area (Å²) in [6.07, 6.45) is 4.32. The van der Waals surface area contributed by atoms with Gasteiger partial charge in [0, 0.05) is 11.5 Å². The molecule has 1 heterocycles. The van der Waals surface area contributed by atoms with Crippen molar-refractivity contribution < 1.29 is 4.79 Å². The predicted octanol–water partition coefficient (Wildman–Crippen LogP) is 1.08. The summed E-state index contributed by atoms with van der Waals surface area (Å²) in [7, 11) is 0. The lowest BCUT2D eigenvalue weighted by atomic mass is 9.97. The average Bonchev–Trinajstić information content (AvgIpc) is 2.85. The first-order valence-corrected chi connectivity index (χ1v) is 5.22. The number of rotatable bonds is 2. The van der Waals surface area contributed by atoms with E-state index in [-0.39, 0.29) is 29.8 Å². The Morgan fingerprint density at radius 3 is 2.43 bits per heavy atom. The van der Waals surface area contributed by atoms with Crippen molar-refractivity contribution in [3.8, 4) is 0 Å². The molecule has 0 aromatic carbocycles. The monoisotopic (exact) mass is 218 g/mol. The normalized spacial score (nSPS) is 24.9. The molecule has 1 aliphatic carbocycles. The lowest BCUT2D eigenvalue weighted by Gasteiger charge is -2.23. The van der Waals surface area contributed by atoms with Crippen molar-refractivity contribution >= 4 is 18.3 Å². The quantitative estimate of drug-likeness (QED) is 0.728. The highest BCUT2D eigenvalue weighted by Gasteiger charge is 2.39. The van der Waals surface area contributed by atoms with Crippen molar-refractivity contribution in [1.29, 1.82) is 0 Å². The van der Waals surface area contributed by atoms with Crippen LogP contribution in [0.2, 0.25) is 0 Å². The van der Waals surface area contributed by atoms with Crippen LogP contribution in [0.1, 0.15) is 32.6 Å². The zero-order valence-corrected chi connectivity index (χ0v) is 9.45. The number of piperidine rings is 1. The minimum absolute atomic E-state index is 0. The maximum atomic E-state index is 11.7. The van der Waals surface area contributed by atoms with E-state index < -0.39 is 0 Å². The van der Waals surface area contributed by atoms with E-state index in [1.807, 2.05) is 0 Å². The van der Waals surface area contributed by atoms with Gasteiger partial charge in [-0.25, -0.2) is 0 Å². The van der Waals surface area contributed by atoms with Gasteiger partial charge in [0.05, 0.1) is 0 Å². The Morgan fingerprint density at radius 2 is 1.93 bits per heavy atom. The fourth-order valence-corrected chi connectivity index (χ4v) is 1.80. The smallest absolute Gasteiger partial charge is 0.223 e. The van der Waals surface area contributed by atoms with Crippen LogP contribution in [-0.4, -0.2) is 24.5 Å². The summed E-state index contributed by atoms with van der Waals surface area (Å²) in [5.74, 6) is 0.542. The van der Waals surface area contributed by atoms with Crippen LogP contribution in [0.4, 0.5) is 0 Å². The number of amides is 1. The van der Waals surface area contributed by atoms with Crippen LogP contribution in [0, 0.1) is 5.92 Å². The second-order valence-corrected chi connectivity index (χ2v) is 4.57. The highest BCUT2D eigenvalue weighted by atomic mass is 35.5. The van der Waals surface area contributed by atoms with Crippen molar-refractivity contribution in [3.63, 3.8) is 0 Å². The molecule has 2 N–H and O–H groups in total. The summed E-state index contributed by atoms with van der Waals surface area (Å²) in [5.41, 5.74) is 0.155. The van der Waals surface area contributed by atoms with Crippen molar-refractivity contribution in [2.75, 3.05) is 13.1 Å². The fraction of sp³-hybridized carbons (Fsp3) is 0.900. The largest absolute Gasteiger partial charge is 0.351 e. The van der Waals surface area contributed by atoms with Gasteiger partial charge in [0.25, 0.3) is 0 Å². The standard InChI is InChI=1S/C10H18N2O.ClH/c1-10(4-5-10)12-9(13)8-2-6-11-7-3-8;/h8,11H,2-7H2,1H3,(H,12,13);1H. The number of carbonyl (C=O) groups is 1. The number of hydrogen-bond acceptors (Lipinski definition) is 2. The SMILES string of the molecule is CC1(NC(=O)C2CCNCC2)CC1.Cl. The zero-order chi connectivity index (χ0) is 9.31. The lowest BCUT2D eigenvalue weighted by Crippen LogP contribution is -2.42. The van der Waals surface area contributed by atoms with E-state index in [4.69, 9.17) is 0 Å². The Kier molecular flexibility index (Phi) is 3.78. The minimum Gasteiger partial charge on any atom is -0.351 e. The number of nitrogens with one attached hydrogen (secondary N) is 2. The van der Waals surface area contributed by atoms with Gasteiger partial charge in [-0.3, -0.25) is 4.79 Å². The lowest BCUT2D eigenvalue weighted by molar-refractivity contribution is -0.126. The predicted molar refractivity (Wildman–Crippen MR) is 58.6 cm³/mol. The maximum Gasteiger partial charge on any atom is 0.223 e. The van der Waals surface area contributed by atoms with Gasteiger partial charge in [0.2, 0.25) is 5.91 Å². The molecule has 0 aromatic heterocycles. The van der Waals surface area contributed by atoms with E-state index in [1.54, 1.807) is 0 Å². The first-order chi connectivity index (χ1) is 6.20. The van der Waals surface area contributed by atoms with E-state index in [9.17, 15) is 4.79 Å². The van der Waals surface area contributed by atoms with Crippen LogP contribution in [0.15, 0.2) is 0 Å². The number of carbonyl (C=O) groups excluding carboxylic acids is 1. The molecule has 2 aliphatic rings. The summed E-state index contributed by atoms with van der Waals surface area (Å²) in [4.78, 5) is 11.7. The first kappa shape index (κ1) is 11.8. The minimum atomic E-state index is 0. The maximum absolute atomic E-state index is 11.7. The molecule has 3 nitrogen and oxygen atoms in total. The Hall–Kier alpha value is -0.280. The van der Waals surface area contributed by atoms with Gasteiger partial charge in [-0.1, -0.05) is 0 Å². The van der Waals surface area contributed by atoms with E-state index in [1.165, 1.54) is 0 Å². The molecule has 2 fully saturated rings. The molecule has 0 atom stereocenters. The summed E-state index contributed by atoms with van der Waals surface area (Å²) < 4.78 is 0. The molecule has 1 amide bonds. The first-order valence-electron chi connectivity index (χ1n) is 5.22. The fourth-order valence-electron chi connectivity index (χ4n) is 1.80. The second kappa shape index (κ2) is 4.49. The Bertz CT molecular complexity index is 210. The van der Waals surface area contributed by atoms with Crippen molar-refractivity contribution in [1.82, 2.24) is 10.6 Å². The molecule has 0 unspecified atom stereocenters. The van der Waals surface area contributed by atoms with Gasteiger partial charge in [-0.05, 0) is 45.7 Å². The van der Waals surface area contributed by atoms with Gasteiger partial charge in [0.1, 0.15) is 0 Å². The Morgan fingerprint density at radius 1 is 1.36 bits per heavy atom. The molecule has 82 valence electrons. The summed E-state index contributed by atoms with van der Waals surface area (Å²) in [6, 6.07) is 0. The molecule has 14 heavy (non-hydrogen) atoms. The highest BCUT2D eigenvalue weighted by molar-refractivity contribution is 5.85. The van der Waals surface area contributed by atoms with E-state index in [2.05, 4.69) is 17.6 Å². The molecule has 0 aromatic rings. The van der Waals surface area contributed by atoms with Crippen molar-refractivity contribution in [2.24, 2.45) is 5.92 Å². The van der Waals surface area contributed by atoms with E-state index in [0.29, 0.717) is 0 Å². The summed E-state index contributed by atoms with van der Waals surface area (Å²) >= 11 is 0. The molecule has 2 rings (SSSR count). The van der Waals surface area contributed by atoms with Gasteiger partial charge in [-0.15, -0.1) is 12.4 Å².